The van der Waals surface area contributed by atoms with E-state index in [1.165, 1.54) is 0 Å². The van der Waals surface area contributed by atoms with Crippen LogP contribution in [0.5, 0.6) is 5.75 Å². The molecule has 0 unspecified atom stereocenters. The van der Waals surface area contributed by atoms with Crippen LogP contribution in [0, 0.1) is 0 Å². The molecular formula is C16H25ClO2Si. The molecule has 1 rings (SSSR count). The first-order valence-corrected chi connectivity index (χ1v) is 10.3. The van der Waals surface area contributed by atoms with E-state index in [0.717, 1.165) is 0 Å². The Balaban J connectivity index is 2.54. The maximum atomic E-state index is 9.99. The van der Waals surface area contributed by atoms with Crippen molar-refractivity contribution in [1.82, 2.24) is 0 Å². The molecule has 112 valence electrons. The summed E-state index contributed by atoms with van der Waals surface area (Å²) in [5.74, 6) is 0.678. The molecule has 0 bridgehead atoms. The number of halogens is 1. The molecule has 0 fully saturated rings. The summed E-state index contributed by atoms with van der Waals surface area (Å²) in [5.41, 5.74) is 2.19. The Morgan fingerprint density at radius 1 is 1.35 bits per heavy atom. The Morgan fingerprint density at radius 3 is 2.55 bits per heavy atom. The van der Waals surface area contributed by atoms with Gasteiger partial charge in [0.25, 0.3) is 0 Å². The monoisotopic (exact) mass is 312 g/mol. The van der Waals surface area contributed by atoms with Crippen LogP contribution in [-0.2, 0) is 0 Å². The van der Waals surface area contributed by atoms with Crippen molar-refractivity contribution < 1.29 is 9.84 Å². The molecule has 0 amide bonds. The van der Waals surface area contributed by atoms with Crippen LogP contribution in [0.2, 0.25) is 23.2 Å². The molecule has 0 aliphatic carbocycles. The molecule has 0 radical (unpaired) electrons. The molecule has 0 aliphatic heterocycles. The molecule has 20 heavy (non-hydrogen) atoms. The third-order valence-corrected chi connectivity index (χ3v) is 9.01. The minimum absolute atomic E-state index is 0.242. The van der Waals surface area contributed by atoms with E-state index in [1.54, 1.807) is 12.1 Å². The molecule has 0 heterocycles. The van der Waals surface area contributed by atoms with E-state index in [2.05, 4.69) is 39.6 Å². The van der Waals surface area contributed by atoms with Gasteiger partial charge in [-0.1, -0.05) is 63.3 Å². The average Bonchev–Trinajstić information content (AvgIpc) is 2.33. The molecule has 1 aromatic rings. The predicted molar refractivity (Wildman–Crippen MR) is 89.3 cm³/mol. The van der Waals surface area contributed by atoms with Crippen LogP contribution in [0.1, 0.15) is 20.8 Å². The van der Waals surface area contributed by atoms with Crippen LogP contribution >= 0.6 is 11.6 Å². The largest absolute Gasteiger partial charge is 0.491 e. The average molecular weight is 313 g/mol. The summed E-state index contributed by atoms with van der Waals surface area (Å²) in [6.45, 7) is 11.6. The Kier molecular flexibility index (Phi) is 5.87. The lowest BCUT2D eigenvalue weighted by Crippen LogP contribution is -2.35. The van der Waals surface area contributed by atoms with Gasteiger partial charge in [0, 0.05) is 5.02 Å². The molecule has 0 saturated carbocycles. The van der Waals surface area contributed by atoms with Crippen LogP contribution in [0.15, 0.2) is 36.0 Å². The SMILES string of the molecule is CC(C)(C)[Si](C)(C)/C=C/[C@@H](O)COc1cccc(Cl)c1. The molecule has 0 saturated heterocycles. The first-order valence-electron chi connectivity index (χ1n) is 6.87. The fourth-order valence-electron chi connectivity index (χ4n) is 1.40. The Bertz CT molecular complexity index is 464. The lowest BCUT2D eigenvalue weighted by atomic mass is 10.2. The van der Waals surface area contributed by atoms with E-state index in [0.29, 0.717) is 10.8 Å². The van der Waals surface area contributed by atoms with Crippen molar-refractivity contribution in [2.45, 2.75) is 45.0 Å². The molecular weight excluding hydrogens is 288 g/mol. The second kappa shape index (κ2) is 6.79. The second-order valence-corrected chi connectivity index (χ2v) is 12.4. The van der Waals surface area contributed by atoms with Gasteiger partial charge in [0.2, 0.25) is 0 Å². The fraction of sp³-hybridized carbons (Fsp3) is 0.500. The van der Waals surface area contributed by atoms with Crippen LogP contribution in [0.4, 0.5) is 0 Å². The highest BCUT2D eigenvalue weighted by Crippen LogP contribution is 2.36. The number of rotatable bonds is 5. The van der Waals surface area contributed by atoms with Gasteiger partial charge in [-0.05, 0) is 23.2 Å². The minimum Gasteiger partial charge on any atom is -0.491 e. The zero-order chi connectivity index (χ0) is 15.4. The smallest absolute Gasteiger partial charge is 0.120 e. The highest BCUT2D eigenvalue weighted by Gasteiger charge is 2.32. The van der Waals surface area contributed by atoms with Crippen molar-refractivity contribution in [1.29, 1.82) is 0 Å². The van der Waals surface area contributed by atoms with Gasteiger partial charge in [-0.15, -0.1) is 0 Å². The van der Waals surface area contributed by atoms with Crippen molar-refractivity contribution in [3.8, 4) is 5.75 Å². The summed E-state index contributed by atoms with van der Waals surface area (Å²) in [7, 11) is -1.50. The predicted octanol–water partition coefficient (Wildman–Crippen LogP) is 4.68. The van der Waals surface area contributed by atoms with Gasteiger partial charge in [0.15, 0.2) is 0 Å². The van der Waals surface area contributed by atoms with Gasteiger partial charge in [-0.3, -0.25) is 0 Å². The van der Waals surface area contributed by atoms with Crippen LogP contribution in [0.25, 0.3) is 0 Å². The zero-order valence-electron chi connectivity index (χ0n) is 13.0. The van der Waals surface area contributed by atoms with Gasteiger partial charge in [0.1, 0.15) is 18.5 Å². The standard InChI is InChI=1S/C16H25ClO2Si/c1-16(2,3)20(4,5)10-9-14(18)12-19-15-8-6-7-13(17)11-15/h6-11,14,18H,12H2,1-5H3/b10-9+/t14-/m1/s1. The van der Waals surface area contributed by atoms with E-state index in [-0.39, 0.29) is 11.6 Å². The minimum atomic E-state index is -1.50. The van der Waals surface area contributed by atoms with Gasteiger partial charge in [-0.25, -0.2) is 0 Å². The maximum absolute atomic E-state index is 9.99. The summed E-state index contributed by atoms with van der Waals surface area (Å²) in [6.07, 6.45) is 1.27. The highest BCUT2D eigenvalue weighted by molar-refractivity contribution is 6.84. The Labute approximate surface area is 128 Å². The van der Waals surface area contributed by atoms with Gasteiger partial charge in [-0.2, -0.15) is 0 Å². The summed E-state index contributed by atoms with van der Waals surface area (Å²) < 4.78 is 5.53. The van der Waals surface area contributed by atoms with Gasteiger partial charge in [0.05, 0.1) is 8.07 Å². The summed E-state index contributed by atoms with van der Waals surface area (Å²) >= 11 is 5.88. The van der Waals surface area contributed by atoms with Crippen LogP contribution in [0.3, 0.4) is 0 Å². The number of ether oxygens (including phenoxy) is 1. The van der Waals surface area contributed by atoms with Crippen LogP contribution in [-0.4, -0.2) is 25.9 Å². The quantitative estimate of drug-likeness (QED) is 0.800. The van der Waals surface area contributed by atoms with Crippen molar-refractivity contribution in [3.05, 3.63) is 41.1 Å². The number of aliphatic hydroxyl groups excluding tert-OH is 1. The molecule has 1 aromatic carbocycles. The zero-order valence-corrected chi connectivity index (χ0v) is 14.7. The van der Waals surface area contributed by atoms with Crippen molar-refractivity contribution in [2.75, 3.05) is 6.61 Å². The number of hydrogen-bond acceptors (Lipinski definition) is 2. The van der Waals surface area contributed by atoms with E-state index in [1.807, 2.05) is 18.2 Å². The maximum Gasteiger partial charge on any atom is 0.120 e. The Morgan fingerprint density at radius 2 is 2.00 bits per heavy atom. The Hall–Kier alpha value is -0.773. The highest BCUT2D eigenvalue weighted by atomic mass is 35.5. The van der Waals surface area contributed by atoms with Crippen molar-refractivity contribution in [3.63, 3.8) is 0 Å². The van der Waals surface area contributed by atoms with E-state index >= 15 is 0 Å². The molecule has 1 N–H and O–H groups in total. The first-order chi connectivity index (χ1) is 9.12. The number of aliphatic hydroxyl groups is 1. The third kappa shape index (κ3) is 5.31. The molecule has 0 aliphatic rings. The molecule has 2 nitrogen and oxygen atoms in total. The van der Waals surface area contributed by atoms with E-state index in [4.69, 9.17) is 16.3 Å². The third-order valence-electron chi connectivity index (χ3n) is 3.88. The lowest BCUT2D eigenvalue weighted by Gasteiger charge is -2.34. The number of benzene rings is 1. The van der Waals surface area contributed by atoms with Crippen molar-refractivity contribution >= 4 is 19.7 Å². The summed E-state index contributed by atoms with van der Waals surface area (Å²) in [6, 6.07) is 7.19. The van der Waals surface area contributed by atoms with E-state index < -0.39 is 14.2 Å². The van der Waals surface area contributed by atoms with Gasteiger partial charge >= 0.3 is 0 Å². The first kappa shape index (κ1) is 17.3. The molecule has 0 spiro atoms. The van der Waals surface area contributed by atoms with E-state index in [9.17, 15) is 5.11 Å². The molecule has 4 heteroatoms. The topological polar surface area (TPSA) is 29.5 Å². The second-order valence-electron chi connectivity index (χ2n) is 6.67. The van der Waals surface area contributed by atoms with Gasteiger partial charge < -0.3 is 9.84 Å². The fourth-order valence-corrected chi connectivity index (χ4v) is 2.78. The lowest BCUT2D eigenvalue weighted by molar-refractivity contribution is 0.144. The number of hydrogen-bond donors (Lipinski definition) is 1. The van der Waals surface area contributed by atoms with Crippen molar-refractivity contribution in [2.24, 2.45) is 0 Å². The molecule has 1 atom stereocenters. The summed E-state index contributed by atoms with van der Waals surface area (Å²) in [5, 5.41) is 10.9. The normalized spacial score (nSPS) is 14.6. The summed E-state index contributed by atoms with van der Waals surface area (Å²) in [4.78, 5) is 0. The molecule has 0 aromatic heterocycles. The van der Waals surface area contributed by atoms with Crippen LogP contribution < -0.4 is 4.74 Å².